The molecule has 7 heteroatoms. The lowest BCUT2D eigenvalue weighted by atomic mass is 9.95. The minimum atomic E-state index is -0.365. The summed E-state index contributed by atoms with van der Waals surface area (Å²) in [7, 11) is 0. The summed E-state index contributed by atoms with van der Waals surface area (Å²) in [6, 6.07) is 24.5. The molecule has 6 rings (SSSR count). The molecule has 168 valence electrons. The van der Waals surface area contributed by atoms with Crippen molar-refractivity contribution in [1.82, 2.24) is 10.3 Å². The number of aryl methyl sites for hydroxylation is 1. The Morgan fingerprint density at radius 3 is 2.53 bits per heavy atom. The van der Waals surface area contributed by atoms with Crippen molar-refractivity contribution in [3.8, 4) is 5.75 Å². The summed E-state index contributed by atoms with van der Waals surface area (Å²) in [6.07, 6.45) is 2.16. The Bertz CT molecular complexity index is 1360. The number of carbonyl (C=O) groups is 2. The summed E-state index contributed by atoms with van der Waals surface area (Å²) < 4.78 is 6.43. The number of hydrazone groups is 1. The highest BCUT2D eigenvalue weighted by molar-refractivity contribution is 8.18. The van der Waals surface area contributed by atoms with E-state index in [1.807, 2.05) is 42.5 Å². The number of benzene rings is 3. The second-order valence-corrected chi connectivity index (χ2v) is 9.55. The lowest BCUT2D eigenvalue weighted by molar-refractivity contribution is -0.115. The summed E-state index contributed by atoms with van der Waals surface area (Å²) in [5.41, 5.74) is 6.34. The molecule has 0 spiro atoms. The molecule has 2 atom stereocenters. The van der Waals surface area contributed by atoms with Crippen LogP contribution in [0.25, 0.3) is 6.08 Å². The number of hydrogen-bond acceptors (Lipinski definition) is 6. The normalized spacial score (nSPS) is 22.2. The minimum Gasteiger partial charge on any atom is -0.464 e. The molecule has 6 nitrogen and oxygen atoms in total. The molecule has 3 aliphatic heterocycles. The monoisotopic (exact) mass is 467 g/mol. The number of fused-ring (bicyclic) bond motifs is 3. The van der Waals surface area contributed by atoms with E-state index in [1.54, 1.807) is 6.08 Å². The highest BCUT2D eigenvalue weighted by atomic mass is 32.2. The molecule has 1 saturated heterocycles. The van der Waals surface area contributed by atoms with Crippen LogP contribution in [-0.2, 0) is 4.79 Å². The van der Waals surface area contributed by atoms with E-state index in [0.29, 0.717) is 4.91 Å². The smallest absolute Gasteiger partial charge is 0.290 e. The Labute approximate surface area is 201 Å². The van der Waals surface area contributed by atoms with E-state index in [2.05, 4.69) is 47.6 Å². The summed E-state index contributed by atoms with van der Waals surface area (Å²) in [5.74, 6) is 0.516. The highest BCUT2D eigenvalue weighted by Gasteiger charge is 2.40. The fraction of sp³-hybridized carbons (Fsp3) is 0.148. The van der Waals surface area contributed by atoms with E-state index in [4.69, 9.17) is 9.84 Å². The van der Waals surface area contributed by atoms with Gasteiger partial charge in [0, 0.05) is 17.5 Å². The van der Waals surface area contributed by atoms with Crippen LogP contribution in [0, 0.1) is 6.92 Å². The van der Waals surface area contributed by atoms with Crippen LogP contribution in [0.3, 0.4) is 0 Å². The molecule has 1 N–H and O–H groups in total. The Hall–Kier alpha value is -3.84. The van der Waals surface area contributed by atoms with Gasteiger partial charge in [-0.1, -0.05) is 72.3 Å². The van der Waals surface area contributed by atoms with Crippen molar-refractivity contribution < 1.29 is 14.3 Å². The van der Waals surface area contributed by atoms with Gasteiger partial charge in [-0.25, -0.2) is 5.01 Å². The average molecular weight is 468 g/mol. The fourth-order valence-corrected chi connectivity index (χ4v) is 5.19. The first kappa shape index (κ1) is 20.7. The van der Waals surface area contributed by atoms with Crippen molar-refractivity contribution in [2.45, 2.75) is 25.6 Å². The van der Waals surface area contributed by atoms with Crippen molar-refractivity contribution in [2.24, 2.45) is 5.10 Å². The maximum absolute atomic E-state index is 11.8. The van der Waals surface area contributed by atoms with Crippen LogP contribution >= 0.6 is 11.8 Å². The van der Waals surface area contributed by atoms with Crippen molar-refractivity contribution in [2.75, 3.05) is 0 Å². The topological polar surface area (TPSA) is 71.0 Å². The average Bonchev–Trinajstić information content (AvgIpc) is 3.43. The molecule has 2 unspecified atom stereocenters. The lowest BCUT2D eigenvalue weighted by Gasteiger charge is -2.38. The third kappa shape index (κ3) is 3.68. The van der Waals surface area contributed by atoms with Gasteiger partial charge < -0.3 is 4.74 Å². The van der Waals surface area contributed by atoms with Gasteiger partial charge in [-0.2, -0.15) is 5.10 Å². The van der Waals surface area contributed by atoms with Gasteiger partial charge in [0.1, 0.15) is 5.75 Å². The van der Waals surface area contributed by atoms with Crippen molar-refractivity contribution in [1.29, 1.82) is 0 Å². The number of hydrogen-bond donors (Lipinski definition) is 1. The summed E-state index contributed by atoms with van der Waals surface area (Å²) in [4.78, 5) is 23.7. The zero-order valence-electron chi connectivity index (χ0n) is 18.4. The first-order chi connectivity index (χ1) is 16.5. The molecule has 3 heterocycles. The molecule has 3 aromatic rings. The zero-order chi connectivity index (χ0) is 23.2. The lowest BCUT2D eigenvalue weighted by Crippen LogP contribution is -2.33. The first-order valence-electron chi connectivity index (χ1n) is 11.1. The molecule has 0 radical (unpaired) electrons. The molecule has 0 bridgehead atoms. The van der Waals surface area contributed by atoms with E-state index in [-0.39, 0.29) is 23.4 Å². The van der Waals surface area contributed by atoms with Crippen LogP contribution in [0.2, 0.25) is 0 Å². The molecule has 3 aromatic carbocycles. The number of imide groups is 1. The van der Waals surface area contributed by atoms with E-state index in [9.17, 15) is 9.59 Å². The Morgan fingerprint density at radius 1 is 1.03 bits per heavy atom. The number of rotatable bonds is 3. The molecule has 1 fully saturated rings. The maximum atomic E-state index is 11.8. The van der Waals surface area contributed by atoms with Gasteiger partial charge in [0.25, 0.3) is 11.1 Å². The molecule has 0 aromatic heterocycles. The third-order valence-corrected chi connectivity index (χ3v) is 7.06. The zero-order valence-corrected chi connectivity index (χ0v) is 19.2. The van der Waals surface area contributed by atoms with Crippen molar-refractivity contribution in [3.63, 3.8) is 0 Å². The van der Waals surface area contributed by atoms with E-state index < -0.39 is 0 Å². The van der Waals surface area contributed by atoms with Gasteiger partial charge >= 0.3 is 0 Å². The van der Waals surface area contributed by atoms with E-state index in [0.717, 1.165) is 51.9 Å². The van der Waals surface area contributed by atoms with Gasteiger partial charge in [-0.05, 0) is 42.0 Å². The van der Waals surface area contributed by atoms with Gasteiger partial charge in [-0.3, -0.25) is 14.9 Å². The molecular weight excluding hydrogens is 446 g/mol. The van der Waals surface area contributed by atoms with E-state index in [1.165, 1.54) is 5.56 Å². The Kier molecular flexibility index (Phi) is 4.99. The summed E-state index contributed by atoms with van der Waals surface area (Å²) in [5, 5.41) is 9.01. The van der Waals surface area contributed by atoms with Crippen molar-refractivity contribution >= 4 is 34.7 Å². The maximum Gasteiger partial charge on any atom is 0.290 e. The quantitative estimate of drug-likeness (QED) is 0.511. The van der Waals surface area contributed by atoms with Crippen LogP contribution < -0.4 is 10.1 Å². The summed E-state index contributed by atoms with van der Waals surface area (Å²) >= 11 is 0.915. The predicted molar refractivity (Wildman–Crippen MR) is 132 cm³/mol. The second-order valence-electron chi connectivity index (χ2n) is 8.54. The van der Waals surface area contributed by atoms with Crippen LogP contribution in [0.1, 0.15) is 46.5 Å². The number of amides is 2. The first-order valence-corrected chi connectivity index (χ1v) is 11.9. The van der Waals surface area contributed by atoms with Gasteiger partial charge in [0.05, 0.1) is 16.7 Å². The van der Waals surface area contributed by atoms with Crippen LogP contribution in [0.5, 0.6) is 5.75 Å². The van der Waals surface area contributed by atoms with Crippen molar-refractivity contribution in [3.05, 3.63) is 106 Å². The number of nitrogens with zero attached hydrogens (tertiary/aromatic N) is 2. The molecule has 0 saturated carbocycles. The van der Waals surface area contributed by atoms with E-state index >= 15 is 0 Å². The number of para-hydroxylation sites is 1. The third-order valence-electron chi connectivity index (χ3n) is 6.25. The standard InChI is InChI=1S/C27H21N3O3S/c1-16-6-10-18(11-7-16)21-15-22-20-4-2-3-5-23(20)33-26(30(22)29-21)19-12-8-17(9-13-19)14-24-25(31)28-27(32)34-24/h2-14,22,26H,15H2,1H3,(H,28,31,32)/b24-14-. The molecule has 0 aliphatic carbocycles. The van der Waals surface area contributed by atoms with Gasteiger partial charge in [0.2, 0.25) is 6.23 Å². The highest BCUT2D eigenvalue weighted by Crippen LogP contribution is 2.47. The summed E-state index contributed by atoms with van der Waals surface area (Å²) in [6.45, 7) is 2.08. The fourth-order valence-electron chi connectivity index (χ4n) is 4.50. The Morgan fingerprint density at radius 2 is 1.79 bits per heavy atom. The SMILES string of the molecule is Cc1ccc(C2=NN3C(C2)c2ccccc2OC3c2ccc(/C=C3\SC(=O)NC3=O)cc2)cc1. The minimum absolute atomic E-state index is 0.0950. The van der Waals surface area contributed by atoms with Crippen LogP contribution in [-0.4, -0.2) is 21.9 Å². The molecule has 3 aliphatic rings. The predicted octanol–water partition coefficient (Wildman–Crippen LogP) is 5.56. The number of nitrogens with one attached hydrogen (secondary N) is 1. The largest absolute Gasteiger partial charge is 0.464 e. The van der Waals surface area contributed by atoms with Gasteiger partial charge in [-0.15, -0.1) is 0 Å². The molecule has 34 heavy (non-hydrogen) atoms. The second kappa shape index (κ2) is 8.18. The van der Waals surface area contributed by atoms with Crippen LogP contribution in [0.4, 0.5) is 4.79 Å². The molecule has 2 amide bonds. The number of thioether (sulfide) groups is 1. The van der Waals surface area contributed by atoms with Crippen LogP contribution in [0.15, 0.2) is 82.8 Å². The van der Waals surface area contributed by atoms with Gasteiger partial charge in [0.15, 0.2) is 0 Å². The Balaban J connectivity index is 1.34. The number of ether oxygens (including phenoxy) is 1. The molecular formula is C27H21N3O3S. The number of carbonyl (C=O) groups excluding carboxylic acids is 2.